The summed E-state index contributed by atoms with van der Waals surface area (Å²) in [7, 11) is 0. The molecule has 0 unspecified atom stereocenters. The van der Waals surface area contributed by atoms with Crippen molar-refractivity contribution in [2.45, 2.75) is 245 Å². The zero-order valence-corrected chi connectivity index (χ0v) is 33.9. The second-order valence-electron chi connectivity index (χ2n) is 15.4. The lowest BCUT2D eigenvalue weighted by molar-refractivity contribution is -0.150. The molecule has 0 aliphatic heterocycles. The largest absolute Gasteiger partial charge is 0.462 e. The van der Waals surface area contributed by atoms with Gasteiger partial charge in [0.1, 0.15) is 6.10 Å². The van der Waals surface area contributed by atoms with E-state index in [9.17, 15) is 9.90 Å². The van der Waals surface area contributed by atoms with E-state index in [0.717, 1.165) is 58.5 Å². The molecule has 0 spiro atoms. The summed E-state index contributed by atoms with van der Waals surface area (Å²) >= 11 is 0. The van der Waals surface area contributed by atoms with Gasteiger partial charge in [0, 0.05) is 26.2 Å². The maximum Gasteiger partial charge on any atom is 0.306 e. The quantitative estimate of drug-likeness (QED) is 0.0509. The SMILES string of the molecule is CCCCCCCCCOCCCCCCCN(CCCCCCCC(=O)OC(CCCCCCCC)CCCCCCCC)C[C@@H](C)O. The Bertz CT molecular complexity index is 626. The molecular formula is C44H89NO4. The maximum absolute atomic E-state index is 12.7. The van der Waals surface area contributed by atoms with Gasteiger partial charge in [-0.15, -0.1) is 0 Å². The van der Waals surface area contributed by atoms with Crippen molar-refractivity contribution < 1.29 is 19.4 Å². The molecule has 0 aromatic rings. The van der Waals surface area contributed by atoms with Crippen LogP contribution in [0.2, 0.25) is 0 Å². The molecule has 0 fully saturated rings. The number of unbranched alkanes of at least 4 members (excludes halogenated alkanes) is 24. The minimum atomic E-state index is -0.273. The van der Waals surface area contributed by atoms with Crippen molar-refractivity contribution in [3.63, 3.8) is 0 Å². The Morgan fingerprint density at radius 2 is 0.878 bits per heavy atom. The van der Waals surface area contributed by atoms with Crippen LogP contribution in [0.5, 0.6) is 0 Å². The van der Waals surface area contributed by atoms with Crippen LogP contribution in [0.15, 0.2) is 0 Å². The predicted molar refractivity (Wildman–Crippen MR) is 214 cm³/mol. The Balaban J connectivity index is 3.98. The topological polar surface area (TPSA) is 59.0 Å². The van der Waals surface area contributed by atoms with Crippen molar-refractivity contribution in [3.05, 3.63) is 0 Å². The summed E-state index contributed by atoms with van der Waals surface area (Å²) in [6, 6.07) is 0. The van der Waals surface area contributed by atoms with Gasteiger partial charge >= 0.3 is 5.97 Å². The minimum absolute atomic E-state index is 0.0288. The third-order valence-electron chi connectivity index (χ3n) is 10.1. The summed E-state index contributed by atoms with van der Waals surface area (Å²) in [5.41, 5.74) is 0. The lowest BCUT2D eigenvalue weighted by Gasteiger charge is -2.23. The van der Waals surface area contributed by atoms with Gasteiger partial charge in [0.05, 0.1) is 6.10 Å². The van der Waals surface area contributed by atoms with Crippen LogP contribution in [0.1, 0.15) is 233 Å². The molecule has 294 valence electrons. The number of carbonyl (C=O) groups is 1. The number of nitrogens with zero attached hydrogens (tertiary/aromatic N) is 1. The van der Waals surface area contributed by atoms with Gasteiger partial charge in [0.25, 0.3) is 0 Å². The highest BCUT2D eigenvalue weighted by Gasteiger charge is 2.14. The molecule has 49 heavy (non-hydrogen) atoms. The van der Waals surface area contributed by atoms with E-state index >= 15 is 0 Å². The van der Waals surface area contributed by atoms with Gasteiger partial charge in [0.2, 0.25) is 0 Å². The van der Waals surface area contributed by atoms with Crippen molar-refractivity contribution in [2.24, 2.45) is 0 Å². The highest BCUT2D eigenvalue weighted by atomic mass is 16.5. The summed E-state index contributed by atoms with van der Waals surface area (Å²) in [6.45, 7) is 13.5. The Labute approximate surface area is 307 Å². The second kappa shape index (κ2) is 40.1. The molecule has 0 aromatic heterocycles. The summed E-state index contributed by atoms with van der Waals surface area (Å²) in [5.74, 6) is 0.0288. The first-order valence-electron chi connectivity index (χ1n) is 22.2. The maximum atomic E-state index is 12.7. The third kappa shape index (κ3) is 38.4. The zero-order valence-electron chi connectivity index (χ0n) is 33.9. The van der Waals surface area contributed by atoms with Crippen molar-refractivity contribution >= 4 is 5.97 Å². The van der Waals surface area contributed by atoms with Gasteiger partial charge in [-0.2, -0.15) is 0 Å². The average Bonchev–Trinajstić information content (AvgIpc) is 3.08. The second-order valence-corrected chi connectivity index (χ2v) is 15.4. The van der Waals surface area contributed by atoms with E-state index in [1.807, 2.05) is 6.92 Å². The first kappa shape index (κ1) is 48.3. The monoisotopic (exact) mass is 696 g/mol. The molecule has 5 heteroatoms. The van der Waals surface area contributed by atoms with Crippen LogP contribution in [0, 0.1) is 0 Å². The van der Waals surface area contributed by atoms with E-state index in [0.29, 0.717) is 6.42 Å². The standard InChI is InChI=1S/C44H89NO4/c1-5-8-11-14-17-25-32-39-48-40-33-26-19-24-31-38-45(41-42(4)46)37-30-23-18-22-29-36-44(47)49-43(34-27-20-15-12-9-6-2)35-28-21-16-13-10-7-3/h42-43,46H,5-41H2,1-4H3/t42-/m1/s1. The zero-order chi connectivity index (χ0) is 35.9. The molecule has 0 heterocycles. The van der Waals surface area contributed by atoms with Crippen LogP contribution < -0.4 is 0 Å². The molecule has 1 atom stereocenters. The fourth-order valence-corrected chi connectivity index (χ4v) is 6.95. The van der Waals surface area contributed by atoms with E-state index in [2.05, 4.69) is 25.7 Å². The fourth-order valence-electron chi connectivity index (χ4n) is 6.95. The van der Waals surface area contributed by atoms with Gasteiger partial charge < -0.3 is 19.5 Å². The highest BCUT2D eigenvalue weighted by Crippen LogP contribution is 2.18. The number of aliphatic hydroxyl groups is 1. The van der Waals surface area contributed by atoms with Crippen LogP contribution >= 0.6 is 0 Å². The number of hydrogen-bond donors (Lipinski definition) is 1. The molecule has 1 N–H and O–H groups in total. The molecule has 5 nitrogen and oxygen atoms in total. The van der Waals surface area contributed by atoms with Crippen molar-refractivity contribution in [2.75, 3.05) is 32.8 Å². The molecule has 0 bridgehead atoms. The van der Waals surface area contributed by atoms with Crippen LogP contribution in [-0.4, -0.2) is 61.0 Å². The van der Waals surface area contributed by atoms with Crippen LogP contribution in [0.4, 0.5) is 0 Å². The van der Waals surface area contributed by atoms with E-state index in [1.165, 1.54) is 173 Å². The Hall–Kier alpha value is -0.650. The average molecular weight is 696 g/mol. The van der Waals surface area contributed by atoms with Gasteiger partial charge in [-0.3, -0.25) is 4.79 Å². The fraction of sp³-hybridized carbons (Fsp3) is 0.977. The summed E-state index contributed by atoms with van der Waals surface area (Å²) in [4.78, 5) is 15.2. The van der Waals surface area contributed by atoms with Gasteiger partial charge in [-0.25, -0.2) is 0 Å². The molecule has 0 radical (unpaired) electrons. The first-order valence-corrected chi connectivity index (χ1v) is 22.2. The van der Waals surface area contributed by atoms with Crippen molar-refractivity contribution in [1.82, 2.24) is 4.90 Å². The molecular weight excluding hydrogens is 606 g/mol. The third-order valence-corrected chi connectivity index (χ3v) is 10.1. The lowest BCUT2D eigenvalue weighted by Crippen LogP contribution is -2.32. The Morgan fingerprint density at radius 3 is 1.31 bits per heavy atom. The first-order chi connectivity index (χ1) is 24.0. The predicted octanol–water partition coefficient (Wildman–Crippen LogP) is 13.1. The smallest absolute Gasteiger partial charge is 0.306 e. The number of rotatable bonds is 41. The summed E-state index contributed by atoms with van der Waals surface area (Å²) < 4.78 is 11.9. The molecule has 0 aromatic carbocycles. The van der Waals surface area contributed by atoms with E-state index in [-0.39, 0.29) is 18.2 Å². The van der Waals surface area contributed by atoms with Crippen molar-refractivity contribution in [3.8, 4) is 0 Å². The molecule has 0 rings (SSSR count). The van der Waals surface area contributed by atoms with E-state index in [4.69, 9.17) is 9.47 Å². The summed E-state index contributed by atoms with van der Waals surface area (Å²) in [6.07, 6.45) is 39.2. The molecule has 0 aliphatic carbocycles. The number of esters is 1. The Morgan fingerprint density at radius 1 is 0.510 bits per heavy atom. The normalized spacial score (nSPS) is 12.4. The number of carbonyl (C=O) groups excluding carboxylic acids is 1. The van der Waals surface area contributed by atoms with Gasteiger partial charge in [-0.05, 0) is 77.8 Å². The van der Waals surface area contributed by atoms with Crippen molar-refractivity contribution in [1.29, 1.82) is 0 Å². The molecule has 0 amide bonds. The highest BCUT2D eigenvalue weighted by molar-refractivity contribution is 5.69. The van der Waals surface area contributed by atoms with Gasteiger partial charge in [0.15, 0.2) is 0 Å². The van der Waals surface area contributed by atoms with Crippen LogP contribution in [0.3, 0.4) is 0 Å². The number of aliphatic hydroxyl groups excluding tert-OH is 1. The van der Waals surface area contributed by atoms with Crippen LogP contribution in [0.25, 0.3) is 0 Å². The Kier molecular flexibility index (Phi) is 39.6. The molecule has 0 saturated carbocycles. The minimum Gasteiger partial charge on any atom is -0.462 e. The molecule has 0 saturated heterocycles. The number of hydrogen-bond acceptors (Lipinski definition) is 5. The van der Waals surface area contributed by atoms with E-state index in [1.54, 1.807) is 0 Å². The lowest BCUT2D eigenvalue weighted by atomic mass is 10.0. The van der Waals surface area contributed by atoms with Crippen LogP contribution in [-0.2, 0) is 14.3 Å². The summed E-state index contributed by atoms with van der Waals surface area (Å²) in [5, 5.41) is 10.0. The van der Waals surface area contributed by atoms with Gasteiger partial charge in [-0.1, -0.05) is 162 Å². The van der Waals surface area contributed by atoms with E-state index < -0.39 is 0 Å². The number of ether oxygens (including phenoxy) is 2. The molecule has 0 aliphatic rings.